The summed E-state index contributed by atoms with van der Waals surface area (Å²) in [5.41, 5.74) is 1.76. The minimum atomic E-state index is -1.05. The molecule has 1 unspecified atom stereocenters. The molecule has 0 saturated carbocycles. The van der Waals surface area contributed by atoms with Crippen molar-refractivity contribution in [2.75, 3.05) is 7.11 Å². The van der Waals surface area contributed by atoms with E-state index in [1.165, 1.54) is 29.3 Å². The third kappa shape index (κ3) is 3.92. The first-order valence-corrected chi connectivity index (χ1v) is 10.5. The molecule has 0 fully saturated rings. The Kier molecular flexibility index (Phi) is 5.77. The van der Waals surface area contributed by atoms with Gasteiger partial charge in [0.2, 0.25) is 0 Å². The molecule has 31 heavy (non-hydrogen) atoms. The SMILES string of the molecule is COC(=O)CC(C(=O)c1ccccc1)n1cnc2sc(C)c(-c3ccccc3)c2c1=O. The van der Waals surface area contributed by atoms with Gasteiger partial charge in [-0.05, 0) is 12.5 Å². The van der Waals surface area contributed by atoms with E-state index in [9.17, 15) is 14.4 Å². The van der Waals surface area contributed by atoms with Crippen molar-refractivity contribution in [3.05, 3.63) is 87.8 Å². The fourth-order valence-corrected chi connectivity index (χ4v) is 4.65. The van der Waals surface area contributed by atoms with Crippen molar-refractivity contribution in [3.8, 4) is 11.1 Å². The number of hydrogen-bond acceptors (Lipinski definition) is 6. The van der Waals surface area contributed by atoms with Gasteiger partial charge in [-0.1, -0.05) is 60.7 Å². The van der Waals surface area contributed by atoms with E-state index in [1.54, 1.807) is 30.3 Å². The average Bonchev–Trinajstić information content (AvgIpc) is 3.15. The molecule has 0 amide bonds. The number of methoxy groups -OCH3 is 1. The van der Waals surface area contributed by atoms with Crippen LogP contribution in [0.15, 0.2) is 71.8 Å². The van der Waals surface area contributed by atoms with Crippen LogP contribution in [0, 0.1) is 6.92 Å². The molecule has 0 aliphatic heterocycles. The predicted molar refractivity (Wildman–Crippen MR) is 120 cm³/mol. The van der Waals surface area contributed by atoms with Crippen LogP contribution < -0.4 is 5.56 Å². The highest BCUT2D eigenvalue weighted by atomic mass is 32.1. The molecule has 0 saturated heterocycles. The molecule has 0 N–H and O–H groups in total. The van der Waals surface area contributed by atoms with Crippen molar-refractivity contribution in [2.24, 2.45) is 0 Å². The van der Waals surface area contributed by atoms with E-state index in [0.29, 0.717) is 15.8 Å². The van der Waals surface area contributed by atoms with Crippen LogP contribution in [0.1, 0.15) is 27.7 Å². The summed E-state index contributed by atoms with van der Waals surface area (Å²) in [6.07, 6.45) is 1.09. The second-order valence-electron chi connectivity index (χ2n) is 7.06. The lowest BCUT2D eigenvalue weighted by atomic mass is 10.0. The Hall–Kier alpha value is -3.58. The number of fused-ring (bicyclic) bond motifs is 1. The Morgan fingerprint density at radius 3 is 2.35 bits per heavy atom. The fraction of sp³-hybridized carbons (Fsp3) is 0.167. The molecule has 0 bridgehead atoms. The molecule has 2 heterocycles. The highest BCUT2D eigenvalue weighted by Gasteiger charge is 2.28. The summed E-state index contributed by atoms with van der Waals surface area (Å²) in [7, 11) is 1.26. The molecule has 0 radical (unpaired) electrons. The minimum absolute atomic E-state index is 0.263. The predicted octanol–water partition coefficient (Wildman–Crippen LogP) is 4.42. The van der Waals surface area contributed by atoms with Crippen molar-refractivity contribution < 1.29 is 14.3 Å². The summed E-state index contributed by atoms with van der Waals surface area (Å²) in [5.74, 6) is -0.923. The standard InChI is InChI=1S/C24H20N2O4S/c1-15-20(16-9-5-3-6-10-16)21-23(31-15)25-14-26(24(21)29)18(13-19(27)30-2)22(28)17-11-7-4-8-12-17/h3-12,14,18H,13H2,1-2H3. The number of aromatic nitrogens is 2. The number of ether oxygens (including phenoxy) is 1. The first-order valence-electron chi connectivity index (χ1n) is 9.73. The van der Waals surface area contributed by atoms with Crippen molar-refractivity contribution in [1.82, 2.24) is 9.55 Å². The average molecular weight is 433 g/mol. The number of nitrogens with zero attached hydrogens (tertiary/aromatic N) is 2. The molecule has 0 spiro atoms. The van der Waals surface area contributed by atoms with Gasteiger partial charge in [-0.25, -0.2) is 4.98 Å². The molecule has 4 rings (SSSR count). The van der Waals surface area contributed by atoms with Crippen LogP contribution in [0.5, 0.6) is 0 Å². The largest absolute Gasteiger partial charge is 0.469 e. The zero-order chi connectivity index (χ0) is 22.0. The van der Waals surface area contributed by atoms with Crippen LogP contribution in [-0.4, -0.2) is 28.4 Å². The van der Waals surface area contributed by atoms with Crippen molar-refractivity contribution >= 4 is 33.3 Å². The van der Waals surface area contributed by atoms with E-state index < -0.39 is 12.0 Å². The second kappa shape index (κ2) is 8.65. The third-order valence-corrected chi connectivity index (χ3v) is 6.17. The number of Topliss-reactive ketones (excluding diaryl/α,β-unsaturated/α-hetero) is 1. The molecule has 7 heteroatoms. The summed E-state index contributed by atoms with van der Waals surface area (Å²) in [5, 5.41) is 0.451. The summed E-state index contributed by atoms with van der Waals surface area (Å²) >= 11 is 1.43. The van der Waals surface area contributed by atoms with Gasteiger partial charge in [0.05, 0.1) is 25.2 Å². The Bertz CT molecular complexity index is 1310. The second-order valence-corrected chi connectivity index (χ2v) is 8.27. The van der Waals surface area contributed by atoms with Gasteiger partial charge >= 0.3 is 5.97 Å². The Morgan fingerprint density at radius 2 is 1.71 bits per heavy atom. The molecule has 0 aliphatic carbocycles. The molecule has 2 aromatic heterocycles. The summed E-state index contributed by atoms with van der Waals surface area (Å²) in [6.45, 7) is 1.94. The van der Waals surface area contributed by atoms with E-state index in [4.69, 9.17) is 4.74 Å². The van der Waals surface area contributed by atoms with Crippen molar-refractivity contribution in [1.29, 1.82) is 0 Å². The van der Waals surface area contributed by atoms with Crippen molar-refractivity contribution in [3.63, 3.8) is 0 Å². The number of esters is 1. The zero-order valence-corrected chi connectivity index (χ0v) is 17.9. The van der Waals surface area contributed by atoms with E-state index in [-0.39, 0.29) is 17.8 Å². The lowest BCUT2D eigenvalue weighted by Crippen LogP contribution is -2.32. The van der Waals surface area contributed by atoms with Crippen LogP contribution in [-0.2, 0) is 9.53 Å². The number of aryl methyl sites for hydroxylation is 1. The van der Waals surface area contributed by atoms with Gasteiger partial charge in [-0.2, -0.15) is 0 Å². The zero-order valence-electron chi connectivity index (χ0n) is 17.1. The van der Waals surface area contributed by atoms with E-state index in [1.807, 2.05) is 37.3 Å². The maximum Gasteiger partial charge on any atom is 0.308 e. The maximum atomic E-state index is 13.6. The first kappa shape index (κ1) is 20.7. The van der Waals surface area contributed by atoms with Gasteiger partial charge in [-0.15, -0.1) is 11.3 Å². The van der Waals surface area contributed by atoms with Gasteiger partial charge in [-0.3, -0.25) is 19.0 Å². The molecule has 156 valence electrons. The smallest absolute Gasteiger partial charge is 0.308 e. The van der Waals surface area contributed by atoms with E-state index in [0.717, 1.165) is 16.0 Å². The van der Waals surface area contributed by atoms with Crippen LogP contribution in [0.25, 0.3) is 21.3 Å². The van der Waals surface area contributed by atoms with E-state index in [2.05, 4.69) is 4.98 Å². The summed E-state index contributed by atoms with van der Waals surface area (Å²) in [4.78, 5) is 45.0. The molecule has 4 aromatic rings. The van der Waals surface area contributed by atoms with Gasteiger partial charge < -0.3 is 4.74 Å². The highest BCUT2D eigenvalue weighted by Crippen LogP contribution is 2.35. The number of ketones is 1. The minimum Gasteiger partial charge on any atom is -0.469 e. The lowest BCUT2D eigenvalue weighted by Gasteiger charge is -2.18. The molecule has 2 aromatic carbocycles. The van der Waals surface area contributed by atoms with Crippen molar-refractivity contribution in [2.45, 2.75) is 19.4 Å². The number of hydrogen-bond donors (Lipinski definition) is 0. The molecule has 1 atom stereocenters. The monoisotopic (exact) mass is 432 g/mol. The Morgan fingerprint density at radius 1 is 1.06 bits per heavy atom. The number of benzene rings is 2. The molecular weight excluding hydrogens is 412 g/mol. The normalized spacial score (nSPS) is 11.9. The van der Waals surface area contributed by atoms with Gasteiger partial charge in [0.15, 0.2) is 5.78 Å². The number of carbonyl (C=O) groups is 2. The van der Waals surface area contributed by atoms with Gasteiger partial charge in [0.1, 0.15) is 10.9 Å². The van der Waals surface area contributed by atoms with Gasteiger partial charge in [0.25, 0.3) is 5.56 Å². The van der Waals surface area contributed by atoms with Gasteiger partial charge in [0, 0.05) is 16.0 Å². The van der Waals surface area contributed by atoms with Crippen LogP contribution in [0.2, 0.25) is 0 Å². The molecule has 0 aliphatic rings. The summed E-state index contributed by atoms with van der Waals surface area (Å²) in [6, 6.07) is 17.1. The number of thiophene rings is 1. The number of rotatable bonds is 6. The fourth-order valence-electron chi connectivity index (χ4n) is 3.64. The Labute approximate surface area is 182 Å². The molecule has 6 nitrogen and oxygen atoms in total. The van der Waals surface area contributed by atoms with Crippen LogP contribution >= 0.6 is 11.3 Å². The topological polar surface area (TPSA) is 78.3 Å². The summed E-state index contributed by atoms with van der Waals surface area (Å²) < 4.78 is 6.04. The Balaban J connectivity index is 1.91. The number of carbonyl (C=O) groups excluding carboxylic acids is 2. The highest BCUT2D eigenvalue weighted by molar-refractivity contribution is 7.19. The van der Waals surface area contributed by atoms with E-state index >= 15 is 0 Å². The maximum absolute atomic E-state index is 13.6. The lowest BCUT2D eigenvalue weighted by molar-refractivity contribution is -0.141. The van der Waals surface area contributed by atoms with Crippen LogP contribution in [0.4, 0.5) is 0 Å². The quantitative estimate of drug-likeness (QED) is 0.333. The van der Waals surface area contributed by atoms with Crippen LogP contribution in [0.3, 0.4) is 0 Å². The molecular formula is C24H20N2O4S. The third-order valence-electron chi connectivity index (χ3n) is 5.16. The first-order chi connectivity index (χ1) is 15.0.